The van der Waals surface area contributed by atoms with E-state index in [-0.39, 0.29) is 12.5 Å². The number of hydrogen-bond donors (Lipinski definition) is 3. The van der Waals surface area contributed by atoms with Gasteiger partial charge in [-0.15, -0.1) is 11.3 Å². The Kier molecular flexibility index (Phi) is 4.63. The summed E-state index contributed by atoms with van der Waals surface area (Å²) < 4.78 is 0. The first kappa shape index (κ1) is 13.2. The largest absolute Gasteiger partial charge is 0.480 e. The molecule has 1 aromatic heterocycles. The Balaban J connectivity index is 2.46. The zero-order chi connectivity index (χ0) is 12.8. The van der Waals surface area contributed by atoms with Crippen LogP contribution in [0, 0.1) is 11.3 Å². The molecule has 1 rings (SSSR count). The molecule has 0 bridgehead atoms. The second kappa shape index (κ2) is 5.98. The van der Waals surface area contributed by atoms with Crippen molar-refractivity contribution in [1.29, 1.82) is 5.26 Å². The molecule has 7 heteroatoms. The molecule has 0 saturated heterocycles. The van der Waals surface area contributed by atoms with Gasteiger partial charge in [-0.05, 0) is 18.4 Å². The average molecular weight is 253 g/mol. The lowest BCUT2D eigenvalue weighted by atomic mass is 10.3. The summed E-state index contributed by atoms with van der Waals surface area (Å²) in [5.74, 6) is -1.40. The Morgan fingerprint density at radius 3 is 2.94 bits per heavy atom. The van der Waals surface area contributed by atoms with Crippen molar-refractivity contribution in [2.75, 3.05) is 11.9 Å². The predicted octanol–water partition coefficient (Wildman–Crippen LogP) is 0.621. The molecule has 0 fully saturated rings. The highest BCUT2D eigenvalue weighted by Crippen LogP contribution is 2.21. The molecule has 17 heavy (non-hydrogen) atoms. The van der Waals surface area contributed by atoms with Crippen molar-refractivity contribution in [1.82, 2.24) is 5.32 Å². The summed E-state index contributed by atoms with van der Waals surface area (Å²) in [6, 6.07) is 2.76. The number of carboxylic acid groups (broad SMARTS) is 1. The quantitative estimate of drug-likeness (QED) is 0.714. The third-order valence-corrected chi connectivity index (χ3v) is 2.81. The van der Waals surface area contributed by atoms with Crippen molar-refractivity contribution >= 4 is 28.2 Å². The van der Waals surface area contributed by atoms with Gasteiger partial charge in [-0.1, -0.05) is 0 Å². The van der Waals surface area contributed by atoms with Crippen molar-refractivity contribution in [2.45, 2.75) is 13.0 Å². The number of thiophene rings is 1. The van der Waals surface area contributed by atoms with Gasteiger partial charge in [-0.25, -0.2) is 0 Å². The fraction of sp³-hybridized carbons (Fsp3) is 0.300. The Hall–Kier alpha value is -1.91. The Morgan fingerprint density at radius 2 is 2.35 bits per heavy atom. The highest BCUT2D eigenvalue weighted by molar-refractivity contribution is 7.14. The van der Waals surface area contributed by atoms with E-state index < -0.39 is 12.0 Å². The number of carbonyl (C=O) groups is 2. The lowest BCUT2D eigenvalue weighted by Crippen LogP contribution is -2.39. The molecule has 1 heterocycles. The van der Waals surface area contributed by atoms with Gasteiger partial charge in [0.05, 0.1) is 12.1 Å². The maximum absolute atomic E-state index is 11.4. The van der Waals surface area contributed by atoms with E-state index in [0.717, 1.165) is 0 Å². The van der Waals surface area contributed by atoms with Crippen LogP contribution in [0.3, 0.4) is 0 Å². The summed E-state index contributed by atoms with van der Waals surface area (Å²) in [7, 11) is 0. The molecule has 3 N–H and O–H groups in total. The van der Waals surface area contributed by atoms with Crippen molar-refractivity contribution in [3.8, 4) is 6.07 Å². The third kappa shape index (κ3) is 3.86. The van der Waals surface area contributed by atoms with E-state index in [1.165, 1.54) is 18.3 Å². The first-order valence-corrected chi connectivity index (χ1v) is 5.66. The summed E-state index contributed by atoms with van der Waals surface area (Å²) >= 11 is 1.24. The van der Waals surface area contributed by atoms with Crippen molar-refractivity contribution < 1.29 is 14.7 Å². The van der Waals surface area contributed by atoms with Crippen molar-refractivity contribution in [3.05, 3.63) is 17.0 Å². The molecule has 0 radical (unpaired) electrons. The van der Waals surface area contributed by atoms with Crippen LogP contribution in [0.5, 0.6) is 0 Å². The topological polar surface area (TPSA) is 102 Å². The van der Waals surface area contributed by atoms with Crippen LogP contribution in [0.2, 0.25) is 0 Å². The third-order valence-electron chi connectivity index (χ3n) is 1.98. The molecule has 90 valence electrons. The Morgan fingerprint density at radius 1 is 1.65 bits per heavy atom. The Bertz CT molecular complexity index is 464. The van der Waals surface area contributed by atoms with Gasteiger partial charge in [-0.3, -0.25) is 14.9 Å². The molecule has 0 aromatic carbocycles. The van der Waals surface area contributed by atoms with E-state index >= 15 is 0 Å². The summed E-state index contributed by atoms with van der Waals surface area (Å²) in [5, 5.41) is 24.6. The molecular formula is C10H11N3O3S. The minimum atomic E-state index is -1.02. The van der Waals surface area contributed by atoms with Gasteiger partial charge in [-0.2, -0.15) is 5.26 Å². The number of aliphatic carboxylic acids is 1. The zero-order valence-corrected chi connectivity index (χ0v) is 9.87. The molecule has 0 aliphatic heterocycles. The molecule has 1 atom stereocenters. The number of rotatable bonds is 5. The molecule has 1 unspecified atom stereocenters. The first-order valence-electron chi connectivity index (χ1n) is 4.78. The lowest BCUT2D eigenvalue weighted by molar-refractivity contribution is -0.139. The number of nitrogens with one attached hydrogen (secondary N) is 2. The number of carbonyl (C=O) groups excluding carboxylic acids is 1. The second-order valence-corrected chi connectivity index (χ2v) is 4.18. The van der Waals surface area contributed by atoms with Crippen LogP contribution in [0.4, 0.5) is 5.00 Å². The van der Waals surface area contributed by atoms with Crippen LogP contribution in [0.1, 0.15) is 12.5 Å². The summed E-state index contributed by atoms with van der Waals surface area (Å²) in [4.78, 5) is 21.9. The first-order chi connectivity index (χ1) is 8.04. The maximum Gasteiger partial charge on any atom is 0.320 e. The normalized spacial score (nSPS) is 11.5. The van der Waals surface area contributed by atoms with Gasteiger partial charge in [0.1, 0.15) is 17.1 Å². The maximum atomic E-state index is 11.4. The van der Waals surface area contributed by atoms with Gasteiger partial charge in [0.15, 0.2) is 0 Å². The number of amides is 1. The smallest absolute Gasteiger partial charge is 0.320 e. The molecule has 1 amide bonds. The van der Waals surface area contributed by atoms with Gasteiger partial charge < -0.3 is 10.4 Å². The predicted molar refractivity (Wildman–Crippen MR) is 62.8 cm³/mol. The van der Waals surface area contributed by atoms with E-state index in [1.54, 1.807) is 11.4 Å². The molecule has 0 aliphatic rings. The van der Waals surface area contributed by atoms with Gasteiger partial charge in [0.25, 0.3) is 0 Å². The Labute approximate surface area is 102 Å². The second-order valence-electron chi connectivity index (χ2n) is 3.26. The minimum absolute atomic E-state index is 0.115. The molecule has 1 aromatic rings. The van der Waals surface area contributed by atoms with Crippen molar-refractivity contribution in [3.63, 3.8) is 0 Å². The van der Waals surface area contributed by atoms with Gasteiger partial charge in [0.2, 0.25) is 5.91 Å². The van der Waals surface area contributed by atoms with Crippen LogP contribution < -0.4 is 10.6 Å². The monoisotopic (exact) mass is 253 g/mol. The van der Waals surface area contributed by atoms with Crippen LogP contribution in [-0.2, 0) is 9.59 Å². The fourth-order valence-corrected chi connectivity index (χ4v) is 1.75. The van der Waals surface area contributed by atoms with Crippen LogP contribution in [0.25, 0.3) is 0 Å². The van der Waals surface area contributed by atoms with E-state index in [2.05, 4.69) is 10.6 Å². The number of anilines is 1. The molecule has 6 nitrogen and oxygen atoms in total. The highest BCUT2D eigenvalue weighted by atomic mass is 32.1. The molecule has 0 spiro atoms. The summed E-state index contributed by atoms with van der Waals surface area (Å²) in [6.07, 6.45) is 0. The number of hydrogen-bond acceptors (Lipinski definition) is 5. The van der Waals surface area contributed by atoms with Crippen LogP contribution >= 0.6 is 11.3 Å². The summed E-state index contributed by atoms with van der Waals surface area (Å²) in [6.45, 7) is 1.33. The van der Waals surface area contributed by atoms with E-state index in [1.807, 2.05) is 6.07 Å². The fourth-order valence-electron chi connectivity index (χ4n) is 0.998. The number of nitriles is 1. The minimum Gasteiger partial charge on any atom is -0.480 e. The summed E-state index contributed by atoms with van der Waals surface area (Å²) in [5.41, 5.74) is 0.398. The standard InChI is InChI=1S/C10H11N3O3S/c1-6(10(15)16)12-5-8(14)13-9-7(4-11)2-3-17-9/h2-3,6,12H,5H2,1H3,(H,13,14)(H,15,16). The molecule has 0 aliphatic carbocycles. The van der Waals surface area contributed by atoms with Crippen LogP contribution in [-0.4, -0.2) is 29.6 Å². The van der Waals surface area contributed by atoms with E-state index in [4.69, 9.17) is 10.4 Å². The van der Waals surface area contributed by atoms with Gasteiger partial charge >= 0.3 is 5.97 Å². The lowest BCUT2D eigenvalue weighted by Gasteiger charge is -2.08. The molecular weight excluding hydrogens is 242 g/mol. The van der Waals surface area contributed by atoms with Crippen LogP contribution in [0.15, 0.2) is 11.4 Å². The van der Waals surface area contributed by atoms with E-state index in [0.29, 0.717) is 10.6 Å². The average Bonchev–Trinajstić information content (AvgIpc) is 2.72. The van der Waals surface area contributed by atoms with E-state index in [9.17, 15) is 9.59 Å². The number of carboxylic acids is 1. The van der Waals surface area contributed by atoms with Crippen molar-refractivity contribution in [2.24, 2.45) is 0 Å². The highest BCUT2D eigenvalue weighted by Gasteiger charge is 2.13. The molecule has 0 saturated carbocycles. The zero-order valence-electron chi connectivity index (χ0n) is 9.06. The van der Waals surface area contributed by atoms with Gasteiger partial charge in [0, 0.05) is 0 Å². The number of nitrogens with zero attached hydrogens (tertiary/aromatic N) is 1. The SMILES string of the molecule is CC(NCC(=O)Nc1sccc1C#N)C(=O)O.